The summed E-state index contributed by atoms with van der Waals surface area (Å²) in [7, 11) is -3.34. The van der Waals surface area contributed by atoms with Crippen molar-refractivity contribution >= 4 is 38.9 Å². The molecule has 6 nitrogen and oxygen atoms in total. The zero-order valence-corrected chi connectivity index (χ0v) is 18.3. The molecule has 1 aromatic heterocycles. The molecular weight excluding hydrogens is 447 g/mol. The molecule has 0 fully saturated rings. The minimum atomic E-state index is -3.34. The highest BCUT2D eigenvalue weighted by Crippen LogP contribution is 2.30. The number of hydrogen-bond acceptors (Lipinski definition) is 5. The van der Waals surface area contributed by atoms with Crippen molar-refractivity contribution in [3.8, 4) is 11.3 Å². The van der Waals surface area contributed by atoms with Gasteiger partial charge in [0.15, 0.2) is 21.5 Å². The molecular formula is C21H20Cl2N2O4S. The van der Waals surface area contributed by atoms with Crippen LogP contribution in [0.25, 0.3) is 11.3 Å². The van der Waals surface area contributed by atoms with Crippen LogP contribution in [0.4, 0.5) is 0 Å². The van der Waals surface area contributed by atoms with Crippen molar-refractivity contribution in [3.05, 3.63) is 70.7 Å². The van der Waals surface area contributed by atoms with Crippen LogP contribution in [-0.2, 0) is 21.1 Å². The van der Waals surface area contributed by atoms with E-state index in [0.717, 1.165) is 0 Å². The molecule has 1 heterocycles. The Morgan fingerprint density at radius 3 is 2.60 bits per heavy atom. The summed E-state index contributed by atoms with van der Waals surface area (Å²) in [5.41, 5.74) is 0.670. The van der Waals surface area contributed by atoms with Gasteiger partial charge in [-0.1, -0.05) is 41.4 Å². The molecule has 0 bridgehead atoms. The number of oxazole rings is 1. The number of sulfone groups is 1. The Hall–Kier alpha value is -2.35. The molecule has 0 aliphatic rings. The number of carbonyl (C=O) groups is 1. The fourth-order valence-electron chi connectivity index (χ4n) is 2.78. The number of hydrogen-bond donors (Lipinski definition) is 1. The van der Waals surface area contributed by atoms with Crippen LogP contribution in [-0.4, -0.2) is 31.6 Å². The number of rotatable bonds is 9. The minimum absolute atomic E-state index is 0.0256. The summed E-state index contributed by atoms with van der Waals surface area (Å²) in [6, 6.07) is 13.3. The highest BCUT2D eigenvalue weighted by Gasteiger charge is 2.14. The van der Waals surface area contributed by atoms with E-state index in [1.165, 1.54) is 0 Å². The fraction of sp³-hybridized carbons (Fsp3) is 0.238. The van der Waals surface area contributed by atoms with Crippen molar-refractivity contribution in [3.63, 3.8) is 0 Å². The second kappa shape index (κ2) is 10.1. The molecule has 3 aromatic rings. The lowest BCUT2D eigenvalue weighted by atomic mass is 10.2. The molecule has 0 atom stereocenters. The Labute approximate surface area is 185 Å². The lowest BCUT2D eigenvalue weighted by Gasteiger charge is -2.06. The predicted molar refractivity (Wildman–Crippen MR) is 116 cm³/mol. The Morgan fingerprint density at radius 2 is 1.87 bits per heavy atom. The average molecular weight is 467 g/mol. The third-order valence-corrected chi connectivity index (χ3v) is 6.69. The SMILES string of the molecule is O=C(CCc1ncc(-c2ccc(Cl)cc2Cl)o1)NCCCS(=O)(=O)c1ccccc1. The number of carbonyl (C=O) groups excluding carboxylic acids is 1. The Balaban J connectivity index is 1.43. The van der Waals surface area contributed by atoms with Gasteiger partial charge in [-0.2, -0.15) is 0 Å². The highest BCUT2D eigenvalue weighted by atomic mass is 35.5. The molecule has 0 saturated heterocycles. The topological polar surface area (TPSA) is 89.3 Å². The van der Waals surface area contributed by atoms with Crippen LogP contribution in [0.15, 0.2) is 64.0 Å². The average Bonchev–Trinajstić information content (AvgIpc) is 3.19. The Bertz CT molecular complexity index is 1120. The first-order valence-electron chi connectivity index (χ1n) is 9.30. The monoisotopic (exact) mass is 466 g/mol. The van der Waals surface area contributed by atoms with Crippen LogP contribution >= 0.6 is 23.2 Å². The summed E-state index contributed by atoms with van der Waals surface area (Å²) in [4.78, 5) is 16.5. The van der Waals surface area contributed by atoms with Gasteiger partial charge in [0.2, 0.25) is 5.91 Å². The van der Waals surface area contributed by atoms with E-state index >= 15 is 0 Å². The normalized spacial score (nSPS) is 11.4. The van der Waals surface area contributed by atoms with Gasteiger partial charge >= 0.3 is 0 Å². The van der Waals surface area contributed by atoms with E-state index in [-0.39, 0.29) is 29.5 Å². The predicted octanol–water partition coefficient (Wildman–Crippen LogP) is 4.56. The van der Waals surface area contributed by atoms with Gasteiger partial charge in [-0.25, -0.2) is 13.4 Å². The number of aromatic nitrogens is 1. The summed E-state index contributed by atoms with van der Waals surface area (Å²) in [5.74, 6) is 0.690. The van der Waals surface area contributed by atoms with Crippen molar-refractivity contribution < 1.29 is 17.6 Å². The second-order valence-corrected chi connectivity index (χ2v) is 9.53. The molecule has 0 aliphatic carbocycles. The van der Waals surface area contributed by atoms with E-state index in [9.17, 15) is 13.2 Å². The van der Waals surface area contributed by atoms with E-state index in [1.54, 1.807) is 54.7 Å². The molecule has 1 amide bonds. The van der Waals surface area contributed by atoms with Gasteiger partial charge in [-0.3, -0.25) is 4.79 Å². The lowest BCUT2D eigenvalue weighted by Crippen LogP contribution is -2.26. The Kier molecular flexibility index (Phi) is 7.53. The van der Waals surface area contributed by atoms with Gasteiger partial charge in [-0.15, -0.1) is 0 Å². The van der Waals surface area contributed by atoms with Crippen molar-refractivity contribution in [1.29, 1.82) is 0 Å². The second-order valence-electron chi connectivity index (χ2n) is 6.58. The number of aryl methyl sites for hydroxylation is 1. The molecule has 0 unspecified atom stereocenters. The first-order valence-corrected chi connectivity index (χ1v) is 11.7. The van der Waals surface area contributed by atoms with Gasteiger partial charge in [0.1, 0.15) is 0 Å². The molecule has 30 heavy (non-hydrogen) atoms. The van der Waals surface area contributed by atoms with E-state index in [0.29, 0.717) is 40.1 Å². The maximum Gasteiger partial charge on any atom is 0.220 e. The van der Waals surface area contributed by atoms with Crippen LogP contribution < -0.4 is 5.32 Å². The largest absolute Gasteiger partial charge is 0.441 e. The lowest BCUT2D eigenvalue weighted by molar-refractivity contribution is -0.121. The van der Waals surface area contributed by atoms with E-state index in [4.69, 9.17) is 27.6 Å². The summed E-state index contributed by atoms with van der Waals surface area (Å²) in [6.07, 6.45) is 2.39. The molecule has 9 heteroatoms. The molecule has 0 saturated carbocycles. The van der Waals surface area contributed by atoms with E-state index in [1.807, 2.05) is 0 Å². The highest BCUT2D eigenvalue weighted by molar-refractivity contribution is 7.91. The van der Waals surface area contributed by atoms with Crippen LogP contribution in [0.5, 0.6) is 0 Å². The number of benzene rings is 2. The number of amides is 1. The molecule has 1 N–H and O–H groups in total. The van der Waals surface area contributed by atoms with Crippen LogP contribution in [0.2, 0.25) is 10.0 Å². The van der Waals surface area contributed by atoms with Gasteiger partial charge < -0.3 is 9.73 Å². The van der Waals surface area contributed by atoms with Gasteiger partial charge in [0.25, 0.3) is 0 Å². The number of halogens is 2. The third-order valence-electron chi connectivity index (χ3n) is 4.33. The molecule has 0 spiro atoms. The molecule has 0 aliphatic heterocycles. The van der Waals surface area contributed by atoms with Crippen LogP contribution in [0.3, 0.4) is 0 Å². The van der Waals surface area contributed by atoms with Crippen molar-refractivity contribution in [2.45, 2.75) is 24.2 Å². The zero-order valence-electron chi connectivity index (χ0n) is 16.0. The minimum Gasteiger partial charge on any atom is -0.441 e. The van der Waals surface area contributed by atoms with E-state index in [2.05, 4.69) is 10.3 Å². The maximum absolute atomic E-state index is 12.2. The van der Waals surface area contributed by atoms with Gasteiger partial charge in [-0.05, 0) is 36.8 Å². The third kappa shape index (κ3) is 6.08. The summed E-state index contributed by atoms with van der Waals surface area (Å²) in [5, 5.41) is 3.70. The quantitative estimate of drug-likeness (QED) is 0.466. The maximum atomic E-state index is 12.2. The van der Waals surface area contributed by atoms with Crippen molar-refractivity contribution in [1.82, 2.24) is 10.3 Å². The summed E-state index contributed by atoms with van der Waals surface area (Å²) in [6.45, 7) is 0.280. The zero-order chi connectivity index (χ0) is 21.6. The number of nitrogens with one attached hydrogen (secondary N) is 1. The fourth-order valence-corrected chi connectivity index (χ4v) is 4.62. The molecule has 0 radical (unpaired) electrons. The molecule has 2 aromatic carbocycles. The smallest absolute Gasteiger partial charge is 0.220 e. The van der Waals surface area contributed by atoms with Crippen LogP contribution in [0.1, 0.15) is 18.7 Å². The summed E-state index contributed by atoms with van der Waals surface area (Å²) >= 11 is 12.1. The van der Waals surface area contributed by atoms with Crippen molar-refractivity contribution in [2.75, 3.05) is 12.3 Å². The standard InChI is InChI=1S/C21H20Cl2N2O4S/c22-15-7-8-17(18(23)13-15)19-14-25-21(29-19)10-9-20(26)24-11-4-12-30(27,28)16-5-2-1-3-6-16/h1-3,5-8,13-14H,4,9-12H2,(H,24,26). The summed E-state index contributed by atoms with van der Waals surface area (Å²) < 4.78 is 30.1. The molecule has 3 rings (SSSR count). The van der Waals surface area contributed by atoms with Crippen molar-refractivity contribution in [2.24, 2.45) is 0 Å². The Morgan fingerprint density at radius 1 is 1.10 bits per heavy atom. The first kappa shape index (κ1) is 22.3. The molecule has 158 valence electrons. The van der Waals surface area contributed by atoms with Gasteiger partial charge in [0, 0.05) is 30.0 Å². The van der Waals surface area contributed by atoms with E-state index < -0.39 is 9.84 Å². The number of nitrogens with zero attached hydrogens (tertiary/aromatic N) is 1. The van der Waals surface area contributed by atoms with Crippen LogP contribution in [0, 0.1) is 0 Å². The van der Waals surface area contributed by atoms with Gasteiger partial charge in [0.05, 0.1) is 21.9 Å². The first-order chi connectivity index (χ1) is 14.3.